The first-order chi connectivity index (χ1) is 8.84. The van der Waals surface area contributed by atoms with Crippen LogP contribution in [-0.4, -0.2) is 43.0 Å². The van der Waals surface area contributed by atoms with Gasteiger partial charge in [-0.05, 0) is 20.3 Å². The van der Waals surface area contributed by atoms with Crippen LogP contribution in [0.5, 0.6) is 0 Å². The van der Waals surface area contributed by atoms with Gasteiger partial charge in [-0.2, -0.15) is 0 Å². The fraction of sp³-hybridized carbons (Fsp3) is 0.636. The van der Waals surface area contributed by atoms with Crippen molar-refractivity contribution in [1.82, 2.24) is 4.98 Å². The summed E-state index contributed by atoms with van der Waals surface area (Å²) in [5, 5.41) is 5.26. The number of hydrogen-bond donors (Lipinski definition) is 1. The van der Waals surface area contributed by atoms with Crippen molar-refractivity contribution in [2.24, 2.45) is 0 Å². The zero-order valence-electron chi connectivity index (χ0n) is 10.8. The normalized spacial score (nSPS) is 25.2. The van der Waals surface area contributed by atoms with E-state index in [-0.39, 0.29) is 17.2 Å². The lowest BCUT2D eigenvalue weighted by Crippen LogP contribution is -2.35. The summed E-state index contributed by atoms with van der Waals surface area (Å²) in [4.78, 5) is 15.6. The molecule has 0 radical (unpaired) electrons. The molecular weight excluding hydrogens is 288 g/mol. The van der Waals surface area contributed by atoms with Gasteiger partial charge in [0.25, 0.3) is 0 Å². The van der Waals surface area contributed by atoms with Crippen LogP contribution in [-0.2, 0) is 14.6 Å². The van der Waals surface area contributed by atoms with Crippen molar-refractivity contribution < 1.29 is 17.9 Å². The zero-order chi connectivity index (χ0) is 14.1. The molecule has 1 aromatic rings. The average molecular weight is 304 g/mol. The highest BCUT2D eigenvalue weighted by Crippen LogP contribution is 2.29. The summed E-state index contributed by atoms with van der Waals surface area (Å²) >= 11 is 1.27. The van der Waals surface area contributed by atoms with Gasteiger partial charge >= 0.3 is 5.97 Å². The minimum atomic E-state index is -2.97. The van der Waals surface area contributed by atoms with Crippen molar-refractivity contribution in [2.75, 3.05) is 23.4 Å². The third-order valence-corrected chi connectivity index (χ3v) is 5.56. The van der Waals surface area contributed by atoms with Gasteiger partial charge in [-0.25, -0.2) is 18.2 Å². The Morgan fingerprint density at radius 3 is 2.95 bits per heavy atom. The standard InChI is InChI=1S/C11H16N2O4S2/c1-3-17-9(14)8-6-18-10(12-8)13-11(2)4-5-19(15,16)7-11/h6H,3-5,7H2,1-2H3,(H,12,13). The van der Waals surface area contributed by atoms with Crippen LogP contribution < -0.4 is 5.32 Å². The quantitative estimate of drug-likeness (QED) is 0.844. The second-order valence-corrected chi connectivity index (χ2v) is 7.83. The van der Waals surface area contributed by atoms with Gasteiger partial charge in [-0.1, -0.05) is 0 Å². The molecule has 1 aliphatic rings. The molecule has 6 nitrogen and oxygen atoms in total. The van der Waals surface area contributed by atoms with Gasteiger partial charge in [0.15, 0.2) is 20.7 Å². The zero-order valence-corrected chi connectivity index (χ0v) is 12.4. The summed E-state index contributed by atoms with van der Waals surface area (Å²) in [6, 6.07) is 0. The number of esters is 1. The number of ether oxygens (including phenoxy) is 1. The highest BCUT2D eigenvalue weighted by molar-refractivity contribution is 7.91. The van der Waals surface area contributed by atoms with Gasteiger partial charge in [0.2, 0.25) is 0 Å². The Morgan fingerprint density at radius 2 is 2.37 bits per heavy atom. The molecule has 1 unspecified atom stereocenters. The van der Waals surface area contributed by atoms with Crippen LogP contribution in [0.3, 0.4) is 0 Å². The second kappa shape index (κ2) is 5.09. The largest absolute Gasteiger partial charge is 0.461 e. The molecule has 1 N–H and O–H groups in total. The van der Waals surface area contributed by atoms with E-state index in [2.05, 4.69) is 10.3 Å². The molecule has 0 aliphatic carbocycles. The predicted octanol–water partition coefficient (Wildman–Crippen LogP) is 1.31. The number of carbonyl (C=O) groups excluding carboxylic acids is 1. The van der Waals surface area contributed by atoms with Crippen molar-refractivity contribution in [3.63, 3.8) is 0 Å². The predicted molar refractivity (Wildman–Crippen MR) is 73.4 cm³/mol. The Labute approximate surface area is 116 Å². The Kier molecular flexibility index (Phi) is 3.82. The molecule has 19 heavy (non-hydrogen) atoms. The molecule has 0 bridgehead atoms. The number of rotatable bonds is 4. The number of thiazole rings is 1. The van der Waals surface area contributed by atoms with E-state index in [0.29, 0.717) is 18.2 Å². The lowest BCUT2D eigenvalue weighted by atomic mass is 10.0. The van der Waals surface area contributed by atoms with Crippen molar-refractivity contribution in [1.29, 1.82) is 0 Å². The Balaban J connectivity index is 2.06. The molecule has 2 rings (SSSR count). The van der Waals surface area contributed by atoms with E-state index in [1.807, 2.05) is 6.92 Å². The van der Waals surface area contributed by atoms with Gasteiger partial charge in [0.1, 0.15) is 0 Å². The van der Waals surface area contributed by atoms with Crippen LogP contribution in [0, 0.1) is 0 Å². The summed E-state index contributed by atoms with van der Waals surface area (Å²) in [5.41, 5.74) is -0.262. The molecule has 2 heterocycles. The van der Waals surface area contributed by atoms with E-state index >= 15 is 0 Å². The molecular formula is C11H16N2O4S2. The number of anilines is 1. The van der Waals surface area contributed by atoms with Crippen LogP contribution in [0.2, 0.25) is 0 Å². The first kappa shape index (κ1) is 14.3. The number of hydrogen-bond acceptors (Lipinski definition) is 7. The monoisotopic (exact) mass is 304 g/mol. The Hall–Kier alpha value is -1.15. The molecule has 1 aliphatic heterocycles. The molecule has 8 heteroatoms. The second-order valence-electron chi connectivity index (χ2n) is 4.79. The maximum atomic E-state index is 11.5. The summed E-state index contributed by atoms with van der Waals surface area (Å²) in [7, 11) is -2.97. The van der Waals surface area contributed by atoms with Crippen LogP contribution in [0.25, 0.3) is 0 Å². The third kappa shape index (κ3) is 3.44. The van der Waals surface area contributed by atoms with E-state index in [9.17, 15) is 13.2 Å². The van der Waals surface area contributed by atoms with E-state index < -0.39 is 21.3 Å². The SMILES string of the molecule is CCOC(=O)c1csc(NC2(C)CCS(=O)(=O)C2)n1. The van der Waals surface area contributed by atoms with Crippen LogP contribution in [0.1, 0.15) is 30.8 Å². The lowest BCUT2D eigenvalue weighted by Gasteiger charge is -2.23. The van der Waals surface area contributed by atoms with Crippen molar-refractivity contribution in [3.8, 4) is 0 Å². The Bertz CT molecular complexity index is 581. The number of nitrogens with zero attached hydrogens (tertiary/aromatic N) is 1. The van der Waals surface area contributed by atoms with E-state index in [4.69, 9.17) is 4.74 Å². The fourth-order valence-corrected chi connectivity index (χ4v) is 4.92. The lowest BCUT2D eigenvalue weighted by molar-refractivity contribution is 0.0520. The molecule has 0 amide bonds. The van der Waals surface area contributed by atoms with Gasteiger partial charge in [0.05, 0.1) is 23.7 Å². The molecule has 0 saturated carbocycles. The van der Waals surface area contributed by atoms with E-state index in [1.54, 1.807) is 12.3 Å². The maximum Gasteiger partial charge on any atom is 0.357 e. The number of nitrogens with one attached hydrogen (secondary N) is 1. The average Bonchev–Trinajstić information content (AvgIpc) is 2.84. The minimum absolute atomic E-state index is 0.0916. The highest BCUT2D eigenvalue weighted by atomic mass is 32.2. The van der Waals surface area contributed by atoms with Gasteiger partial charge in [0, 0.05) is 5.38 Å². The molecule has 1 fully saturated rings. The summed E-state index contributed by atoms with van der Waals surface area (Å²) in [6.45, 7) is 3.88. The van der Waals surface area contributed by atoms with Crippen molar-refractivity contribution >= 4 is 32.3 Å². The van der Waals surface area contributed by atoms with E-state index in [1.165, 1.54) is 11.3 Å². The van der Waals surface area contributed by atoms with E-state index in [0.717, 1.165) is 0 Å². The first-order valence-corrected chi connectivity index (χ1v) is 8.65. The topological polar surface area (TPSA) is 85.4 Å². The summed E-state index contributed by atoms with van der Waals surface area (Å²) < 4.78 is 27.9. The molecule has 1 atom stereocenters. The summed E-state index contributed by atoms with van der Waals surface area (Å²) in [6.07, 6.45) is 0.545. The van der Waals surface area contributed by atoms with Gasteiger partial charge in [-0.3, -0.25) is 0 Å². The molecule has 0 spiro atoms. The van der Waals surface area contributed by atoms with Crippen LogP contribution >= 0.6 is 11.3 Å². The van der Waals surface area contributed by atoms with Gasteiger partial charge in [-0.15, -0.1) is 11.3 Å². The number of carbonyl (C=O) groups is 1. The van der Waals surface area contributed by atoms with Gasteiger partial charge < -0.3 is 10.1 Å². The first-order valence-electron chi connectivity index (χ1n) is 5.95. The highest BCUT2D eigenvalue weighted by Gasteiger charge is 2.38. The Morgan fingerprint density at radius 1 is 1.63 bits per heavy atom. The van der Waals surface area contributed by atoms with Crippen LogP contribution in [0.4, 0.5) is 5.13 Å². The number of aromatic nitrogens is 1. The third-order valence-electron chi connectivity index (χ3n) is 2.90. The maximum absolute atomic E-state index is 11.5. The van der Waals surface area contributed by atoms with Crippen molar-refractivity contribution in [2.45, 2.75) is 25.8 Å². The molecule has 1 saturated heterocycles. The minimum Gasteiger partial charge on any atom is -0.461 e. The molecule has 1 aromatic heterocycles. The van der Waals surface area contributed by atoms with Crippen molar-refractivity contribution in [3.05, 3.63) is 11.1 Å². The van der Waals surface area contributed by atoms with Crippen LogP contribution in [0.15, 0.2) is 5.38 Å². The fourth-order valence-electron chi connectivity index (χ4n) is 2.00. The smallest absolute Gasteiger partial charge is 0.357 e. The summed E-state index contributed by atoms with van der Waals surface area (Å²) in [5.74, 6) is -0.183. The molecule has 106 valence electrons. The molecule has 0 aromatic carbocycles. The number of sulfone groups is 1.